The topological polar surface area (TPSA) is 96.3 Å². The molecule has 0 saturated carbocycles. The summed E-state index contributed by atoms with van der Waals surface area (Å²) < 4.78 is 7.09. The molecule has 1 atom stereocenters. The number of amides is 1. The lowest BCUT2D eigenvalue weighted by atomic mass is 9.85. The SMILES string of the molecule is COc1ccccc1[C@]1(O)CCCN(C(=O)c2cc(-c3cnn(C)c3)n[nH]2)C1. The second-order valence-electron chi connectivity index (χ2n) is 7.13. The van der Waals surface area contributed by atoms with Crippen LogP contribution in [0.2, 0.25) is 0 Å². The number of H-pyrrole nitrogens is 1. The first kappa shape index (κ1) is 18.2. The fourth-order valence-electron chi connectivity index (χ4n) is 3.76. The van der Waals surface area contributed by atoms with E-state index in [1.807, 2.05) is 37.5 Å². The van der Waals surface area contributed by atoms with E-state index >= 15 is 0 Å². The van der Waals surface area contributed by atoms with Crippen LogP contribution in [0, 0.1) is 0 Å². The summed E-state index contributed by atoms with van der Waals surface area (Å²) in [4.78, 5) is 14.7. The Kier molecular flexibility index (Phi) is 4.64. The highest BCUT2D eigenvalue weighted by molar-refractivity contribution is 5.93. The number of piperidine rings is 1. The van der Waals surface area contributed by atoms with Crippen molar-refractivity contribution in [2.24, 2.45) is 7.05 Å². The normalized spacial score (nSPS) is 19.6. The van der Waals surface area contributed by atoms with Gasteiger partial charge in [0.15, 0.2) is 0 Å². The largest absolute Gasteiger partial charge is 0.496 e. The Morgan fingerprint density at radius 2 is 2.18 bits per heavy atom. The summed E-state index contributed by atoms with van der Waals surface area (Å²) >= 11 is 0. The Hall–Kier alpha value is -3.13. The van der Waals surface area contributed by atoms with Crippen molar-refractivity contribution in [2.75, 3.05) is 20.2 Å². The third-order valence-corrected chi connectivity index (χ3v) is 5.18. The number of benzene rings is 1. The summed E-state index contributed by atoms with van der Waals surface area (Å²) in [6.45, 7) is 0.783. The molecular weight excluding hydrogens is 358 g/mol. The van der Waals surface area contributed by atoms with Gasteiger partial charge < -0.3 is 14.7 Å². The zero-order valence-corrected chi connectivity index (χ0v) is 15.9. The summed E-state index contributed by atoms with van der Waals surface area (Å²) in [7, 11) is 3.41. The molecule has 1 saturated heterocycles. The number of ether oxygens (including phenoxy) is 1. The zero-order chi connectivity index (χ0) is 19.7. The van der Waals surface area contributed by atoms with Crippen LogP contribution in [-0.4, -0.2) is 56.1 Å². The van der Waals surface area contributed by atoms with Crippen molar-refractivity contribution >= 4 is 5.91 Å². The monoisotopic (exact) mass is 381 g/mol. The summed E-state index contributed by atoms with van der Waals surface area (Å²) in [5.74, 6) is 0.440. The Bertz CT molecular complexity index is 995. The highest BCUT2D eigenvalue weighted by atomic mass is 16.5. The number of nitrogens with zero attached hydrogens (tertiary/aromatic N) is 4. The predicted molar refractivity (Wildman–Crippen MR) is 103 cm³/mol. The minimum absolute atomic E-state index is 0.185. The van der Waals surface area contributed by atoms with E-state index in [9.17, 15) is 9.90 Å². The van der Waals surface area contributed by atoms with Crippen molar-refractivity contribution in [1.29, 1.82) is 0 Å². The van der Waals surface area contributed by atoms with Crippen LogP contribution in [0.3, 0.4) is 0 Å². The van der Waals surface area contributed by atoms with Crippen molar-refractivity contribution in [2.45, 2.75) is 18.4 Å². The number of methoxy groups -OCH3 is 1. The molecule has 3 heterocycles. The maximum Gasteiger partial charge on any atom is 0.271 e. The van der Waals surface area contributed by atoms with Crippen LogP contribution < -0.4 is 4.74 Å². The van der Waals surface area contributed by atoms with Crippen molar-refractivity contribution in [3.63, 3.8) is 0 Å². The molecule has 3 aromatic rings. The third kappa shape index (κ3) is 3.27. The molecule has 8 heteroatoms. The van der Waals surface area contributed by atoms with Gasteiger partial charge in [0.05, 0.1) is 25.5 Å². The summed E-state index contributed by atoms with van der Waals surface area (Å²) in [6.07, 6.45) is 4.81. The number of nitrogens with one attached hydrogen (secondary N) is 1. The molecule has 146 valence electrons. The van der Waals surface area contributed by atoms with Gasteiger partial charge >= 0.3 is 0 Å². The van der Waals surface area contributed by atoms with Crippen LogP contribution in [0.5, 0.6) is 5.75 Å². The number of rotatable bonds is 4. The van der Waals surface area contributed by atoms with Crippen LogP contribution in [0.15, 0.2) is 42.7 Å². The number of aromatic nitrogens is 4. The molecule has 28 heavy (non-hydrogen) atoms. The van der Waals surface area contributed by atoms with E-state index < -0.39 is 5.60 Å². The maximum atomic E-state index is 13.0. The van der Waals surface area contributed by atoms with Gasteiger partial charge in [-0.25, -0.2) is 0 Å². The molecule has 0 spiro atoms. The first-order valence-electron chi connectivity index (χ1n) is 9.20. The van der Waals surface area contributed by atoms with Crippen molar-refractivity contribution in [1.82, 2.24) is 24.9 Å². The Balaban J connectivity index is 1.56. The van der Waals surface area contributed by atoms with Crippen LogP contribution in [0.1, 0.15) is 28.9 Å². The molecule has 0 radical (unpaired) electrons. The summed E-state index contributed by atoms with van der Waals surface area (Å²) in [6, 6.07) is 9.12. The molecule has 0 bridgehead atoms. The molecule has 0 unspecified atom stereocenters. The number of aliphatic hydroxyl groups is 1. The Morgan fingerprint density at radius 3 is 2.93 bits per heavy atom. The molecular formula is C20H23N5O3. The van der Waals surface area contributed by atoms with E-state index in [0.29, 0.717) is 42.1 Å². The minimum Gasteiger partial charge on any atom is -0.496 e. The van der Waals surface area contributed by atoms with E-state index in [1.165, 1.54) is 0 Å². The van der Waals surface area contributed by atoms with Crippen molar-refractivity contribution < 1.29 is 14.6 Å². The van der Waals surface area contributed by atoms with Gasteiger partial charge in [-0.1, -0.05) is 18.2 Å². The van der Waals surface area contributed by atoms with Crippen molar-refractivity contribution in [3.05, 3.63) is 54.0 Å². The number of hydrogen-bond acceptors (Lipinski definition) is 5. The van der Waals surface area contributed by atoms with Gasteiger partial charge in [-0.2, -0.15) is 10.2 Å². The van der Waals surface area contributed by atoms with Gasteiger partial charge in [-0.3, -0.25) is 14.6 Å². The van der Waals surface area contributed by atoms with Crippen molar-refractivity contribution in [3.8, 4) is 17.0 Å². The van der Waals surface area contributed by atoms with E-state index in [1.54, 1.807) is 29.0 Å². The summed E-state index contributed by atoms with van der Waals surface area (Å²) in [5, 5.41) is 22.5. The second-order valence-corrected chi connectivity index (χ2v) is 7.13. The van der Waals surface area contributed by atoms with Gasteiger partial charge in [0.1, 0.15) is 17.0 Å². The molecule has 1 amide bonds. The highest BCUT2D eigenvalue weighted by Crippen LogP contribution is 2.37. The average Bonchev–Trinajstić information content (AvgIpc) is 3.36. The Morgan fingerprint density at radius 1 is 1.36 bits per heavy atom. The average molecular weight is 381 g/mol. The molecule has 1 fully saturated rings. The fraction of sp³-hybridized carbons (Fsp3) is 0.350. The third-order valence-electron chi connectivity index (χ3n) is 5.18. The maximum absolute atomic E-state index is 13.0. The molecule has 1 aliphatic rings. The number of aromatic amines is 1. The van der Waals surface area contributed by atoms with Crippen LogP contribution >= 0.6 is 0 Å². The molecule has 8 nitrogen and oxygen atoms in total. The number of β-amino-alcohol motifs (C(OH)–C–C–N with tert-alkyl or cyclic N) is 1. The van der Waals surface area contributed by atoms with Gasteiger partial charge in [-0.05, 0) is 25.0 Å². The van der Waals surface area contributed by atoms with E-state index in [-0.39, 0.29) is 12.5 Å². The standard InChI is InChI=1S/C20H23N5O3/c1-24-12-14(11-21-24)16-10-17(23-22-16)19(26)25-9-5-8-20(27,13-25)15-6-3-4-7-18(15)28-2/h3-4,6-7,10-12,27H,5,8-9,13H2,1-2H3,(H,22,23)/t20-/m0/s1. The minimum atomic E-state index is -1.15. The lowest BCUT2D eigenvalue weighted by molar-refractivity contribution is -0.0304. The predicted octanol–water partition coefficient (Wildman–Crippen LogP) is 1.94. The van der Waals surface area contributed by atoms with Gasteiger partial charge in [0, 0.05) is 30.9 Å². The van der Waals surface area contributed by atoms with Gasteiger partial charge in [0.25, 0.3) is 5.91 Å². The van der Waals surface area contributed by atoms with E-state index in [4.69, 9.17) is 4.74 Å². The molecule has 2 N–H and O–H groups in total. The molecule has 4 rings (SSSR count). The van der Waals surface area contributed by atoms with Gasteiger partial charge in [0.2, 0.25) is 0 Å². The number of aryl methyl sites for hydroxylation is 1. The smallest absolute Gasteiger partial charge is 0.271 e. The fourth-order valence-corrected chi connectivity index (χ4v) is 3.76. The Labute approximate surface area is 162 Å². The van der Waals surface area contributed by atoms with Gasteiger partial charge in [-0.15, -0.1) is 0 Å². The number of carbonyl (C=O) groups excluding carboxylic acids is 1. The van der Waals surface area contributed by atoms with Crippen LogP contribution in [0.4, 0.5) is 0 Å². The lowest BCUT2D eigenvalue weighted by Crippen LogP contribution is -2.48. The second kappa shape index (κ2) is 7.12. The van der Waals surface area contributed by atoms with E-state index in [2.05, 4.69) is 15.3 Å². The molecule has 1 aromatic carbocycles. The number of para-hydroxylation sites is 1. The first-order valence-corrected chi connectivity index (χ1v) is 9.20. The molecule has 0 aliphatic carbocycles. The lowest BCUT2D eigenvalue weighted by Gasteiger charge is -2.39. The molecule has 1 aliphatic heterocycles. The van der Waals surface area contributed by atoms with E-state index in [0.717, 1.165) is 5.56 Å². The van der Waals surface area contributed by atoms with Crippen LogP contribution in [-0.2, 0) is 12.6 Å². The number of likely N-dealkylation sites (tertiary alicyclic amines) is 1. The number of hydrogen-bond donors (Lipinski definition) is 2. The zero-order valence-electron chi connectivity index (χ0n) is 15.9. The molecule has 2 aromatic heterocycles. The van der Waals surface area contributed by atoms with Crippen LogP contribution in [0.25, 0.3) is 11.3 Å². The first-order chi connectivity index (χ1) is 13.5. The highest BCUT2D eigenvalue weighted by Gasteiger charge is 2.39. The summed E-state index contributed by atoms with van der Waals surface area (Å²) in [5.41, 5.74) is 1.45. The quantitative estimate of drug-likeness (QED) is 0.720. The number of carbonyl (C=O) groups is 1.